The number of benzene rings is 1. The first-order chi connectivity index (χ1) is 9.10. The standard InChI is InChI=1S/C13H18N2O4/c1-3-14(4-2)9-10-19-13(16)11-7-5-6-8-12(11)15(17)18/h5-8H,3-4,9-10H2,1-2H3. The molecule has 0 saturated heterocycles. The zero-order valence-electron chi connectivity index (χ0n) is 11.2. The van der Waals surface area contributed by atoms with Crippen molar-refractivity contribution >= 4 is 11.7 Å². The molecule has 0 unspecified atom stereocenters. The predicted molar refractivity (Wildman–Crippen MR) is 71.2 cm³/mol. The third kappa shape index (κ3) is 4.33. The van der Waals surface area contributed by atoms with Crippen molar-refractivity contribution in [3.8, 4) is 0 Å². The molecule has 0 heterocycles. The Morgan fingerprint density at radius 3 is 2.53 bits per heavy atom. The molecule has 1 aromatic rings. The fraction of sp³-hybridized carbons (Fsp3) is 0.462. The van der Waals surface area contributed by atoms with E-state index < -0.39 is 10.9 Å². The van der Waals surface area contributed by atoms with Gasteiger partial charge in [-0.2, -0.15) is 0 Å². The molecule has 0 aliphatic heterocycles. The molecule has 0 atom stereocenters. The van der Waals surface area contributed by atoms with Crippen molar-refractivity contribution in [1.82, 2.24) is 4.90 Å². The number of nitrogens with zero attached hydrogens (tertiary/aromatic N) is 2. The number of ether oxygens (including phenoxy) is 1. The summed E-state index contributed by atoms with van der Waals surface area (Å²) in [6, 6.07) is 5.79. The number of nitro benzene ring substituents is 1. The lowest BCUT2D eigenvalue weighted by atomic mass is 10.2. The van der Waals surface area contributed by atoms with E-state index >= 15 is 0 Å². The first-order valence-corrected chi connectivity index (χ1v) is 6.23. The second-order valence-electron chi connectivity index (χ2n) is 3.94. The zero-order chi connectivity index (χ0) is 14.3. The van der Waals surface area contributed by atoms with Crippen LogP contribution < -0.4 is 0 Å². The predicted octanol–water partition coefficient (Wildman–Crippen LogP) is 2.09. The van der Waals surface area contributed by atoms with Gasteiger partial charge in [0.05, 0.1) is 4.92 Å². The van der Waals surface area contributed by atoms with Crippen LogP contribution in [0, 0.1) is 10.1 Å². The minimum atomic E-state index is -0.653. The molecule has 0 amide bonds. The van der Waals surface area contributed by atoms with E-state index in [0.717, 1.165) is 13.1 Å². The van der Waals surface area contributed by atoms with Crippen molar-refractivity contribution in [3.05, 3.63) is 39.9 Å². The Hall–Kier alpha value is -1.95. The van der Waals surface area contributed by atoms with Crippen molar-refractivity contribution < 1.29 is 14.5 Å². The van der Waals surface area contributed by atoms with Crippen molar-refractivity contribution in [1.29, 1.82) is 0 Å². The Morgan fingerprint density at radius 2 is 1.95 bits per heavy atom. The van der Waals surface area contributed by atoms with Gasteiger partial charge >= 0.3 is 5.97 Å². The van der Waals surface area contributed by atoms with Gasteiger partial charge in [0.2, 0.25) is 0 Å². The molecule has 0 bridgehead atoms. The maximum absolute atomic E-state index is 11.8. The largest absolute Gasteiger partial charge is 0.461 e. The number of hydrogen-bond donors (Lipinski definition) is 0. The number of carbonyl (C=O) groups excluding carboxylic acids is 1. The van der Waals surface area contributed by atoms with Crippen LogP contribution in [0.1, 0.15) is 24.2 Å². The van der Waals surface area contributed by atoms with E-state index in [2.05, 4.69) is 4.90 Å². The summed E-state index contributed by atoms with van der Waals surface area (Å²) in [4.78, 5) is 24.1. The van der Waals surface area contributed by atoms with Gasteiger partial charge in [0.1, 0.15) is 12.2 Å². The molecule has 0 spiro atoms. The van der Waals surface area contributed by atoms with Gasteiger partial charge in [-0.1, -0.05) is 26.0 Å². The molecule has 1 aromatic carbocycles. The van der Waals surface area contributed by atoms with Gasteiger partial charge in [0.25, 0.3) is 5.69 Å². The summed E-state index contributed by atoms with van der Waals surface area (Å²) in [5, 5.41) is 10.8. The highest BCUT2D eigenvalue weighted by atomic mass is 16.6. The summed E-state index contributed by atoms with van der Waals surface area (Å²) in [5.41, 5.74) is -0.234. The monoisotopic (exact) mass is 266 g/mol. The van der Waals surface area contributed by atoms with Crippen LogP contribution in [0.15, 0.2) is 24.3 Å². The van der Waals surface area contributed by atoms with Gasteiger partial charge in [-0.15, -0.1) is 0 Å². The van der Waals surface area contributed by atoms with Crippen LogP contribution in [0.4, 0.5) is 5.69 Å². The van der Waals surface area contributed by atoms with Gasteiger partial charge in [0, 0.05) is 12.6 Å². The molecule has 6 heteroatoms. The minimum absolute atomic E-state index is 0.00736. The third-order valence-electron chi connectivity index (χ3n) is 2.86. The molecule has 0 aromatic heterocycles. The molecular weight excluding hydrogens is 248 g/mol. The molecule has 1 rings (SSSR count). The van der Waals surface area contributed by atoms with E-state index in [1.165, 1.54) is 18.2 Å². The van der Waals surface area contributed by atoms with Crippen LogP contribution in [0.2, 0.25) is 0 Å². The Labute approximate surface area is 112 Å². The fourth-order valence-corrected chi connectivity index (χ4v) is 1.69. The summed E-state index contributed by atoms with van der Waals surface area (Å²) >= 11 is 0. The highest BCUT2D eigenvalue weighted by molar-refractivity contribution is 5.93. The van der Waals surface area contributed by atoms with Crippen LogP contribution in [0.3, 0.4) is 0 Å². The van der Waals surface area contributed by atoms with Gasteiger partial charge in [-0.3, -0.25) is 10.1 Å². The van der Waals surface area contributed by atoms with Gasteiger partial charge in [0.15, 0.2) is 0 Å². The fourth-order valence-electron chi connectivity index (χ4n) is 1.69. The van der Waals surface area contributed by atoms with Gasteiger partial charge in [-0.05, 0) is 19.2 Å². The average molecular weight is 266 g/mol. The van der Waals surface area contributed by atoms with Crippen LogP contribution in [0.25, 0.3) is 0 Å². The summed E-state index contributed by atoms with van der Waals surface area (Å²) in [6.45, 7) is 6.64. The summed E-state index contributed by atoms with van der Waals surface area (Å²) < 4.78 is 5.07. The highest BCUT2D eigenvalue weighted by Gasteiger charge is 2.20. The minimum Gasteiger partial charge on any atom is -0.461 e. The zero-order valence-corrected chi connectivity index (χ0v) is 11.2. The summed E-state index contributed by atoms with van der Waals surface area (Å²) in [5.74, 6) is -0.653. The Bertz CT molecular complexity index is 444. The lowest BCUT2D eigenvalue weighted by molar-refractivity contribution is -0.385. The van der Waals surface area contributed by atoms with Crippen LogP contribution in [-0.4, -0.2) is 42.0 Å². The molecule has 0 saturated carbocycles. The van der Waals surface area contributed by atoms with E-state index in [0.29, 0.717) is 6.54 Å². The van der Waals surface area contributed by atoms with Crippen molar-refractivity contribution in [2.24, 2.45) is 0 Å². The molecule has 6 nitrogen and oxygen atoms in total. The van der Waals surface area contributed by atoms with Crippen LogP contribution in [-0.2, 0) is 4.74 Å². The Balaban J connectivity index is 2.61. The topological polar surface area (TPSA) is 72.7 Å². The second-order valence-corrected chi connectivity index (χ2v) is 3.94. The summed E-state index contributed by atoms with van der Waals surface area (Å²) in [7, 11) is 0. The number of nitro groups is 1. The number of likely N-dealkylation sites (N-methyl/N-ethyl adjacent to an activating group) is 1. The quantitative estimate of drug-likeness (QED) is 0.429. The Kier molecular flexibility index (Phi) is 5.95. The molecule has 0 aliphatic carbocycles. The smallest absolute Gasteiger partial charge is 0.345 e. The number of hydrogen-bond acceptors (Lipinski definition) is 5. The van der Waals surface area contributed by atoms with Gasteiger partial charge in [-0.25, -0.2) is 4.79 Å². The molecule has 104 valence electrons. The van der Waals surface area contributed by atoms with Gasteiger partial charge < -0.3 is 9.64 Å². The lowest BCUT2D eigenvalue weighted by Crippen LogP contribution is -2.28. The first kappa shape index (κ1) is 15.1. The number of para-hydroxylation sites is 1. The molecule has 0 fully saturated rings. The number of rotatable bonds is 7. The van der Waals surface area contributed by atoms with Crippen molar-refractivity contribution in [2.75, 3.05) is 26.2 Å². The average Bonchev–Trinajstić information content (AvgIpc) is 2.43. The van der Waals surface area contributed by atoms with Crippen LogP contribution in [0.5, 0.6) is 0 Å². The lowest BCUT2D eigenvalue weighted by Gasteiger charge is -2.17. The SMILES string of the molecule is CCN(CC)CCOC(=O)c1ccccc1[N+](=O)[O-]. The maximum Gasteiger partial charge on any atom is 0.345 e. The Morgan fingerprint density at radius 1 is 1.32 bits per heavy atom. The molecule has 0 radical (unpaired) electrons. The third-order valence-corrected chi connectivity index (χ3v) is 2.86. The molecule has 19 heavy (non-hydrogen) atoms. The van der Waals surface area contributed by atoms with E-state index in [4.69, 9.17) is 4.74 Å². The van der Waals surface area contributed by atoms with Crippen molar-refractivity contribution in [2.45, 2.75) is 13.8 Å². The second kappa shape index (κ2) is 7.48. The van der Waals surface area contributed by atoms with E-state index in [1.807, 2.05) is 13.8 Å². The number of carbonyl (C=O) groups is 1. The highest BCUT2D eigenvalue weighted by Crippen LogP contribution is 2.18. The molecular formula is C13H18N2O4. The van der Waals surface area contributed by atoms with E-state index in [9.17, 15) is 14.9 Å². The first-order valence-electron chi connectivity index (χ1n) is 6.23. The van der Waals surface area contributed by atoms with E-state index in [1.54, 1.807) is 6.07 Å². The number of esters is 1. The van der Waals surface area contributed by atoms with Crippen LogP contribution >= 0.6 is 0 Å². The van der Waals surface area contributed by atoms with E-state index in [-0.39, 0.29) is 17.9 Å². The maximum atomic E-state index is 11.8. The summed E-state index contributed by atoms with van der Waals surface area (Å²) in [6.07, 6.45) is 0. The molecule has 0 aliphatic rings. The van der Waals surface area contributed by atoms with Crippen molar-refractivity contribution in [3.63, 3.8) is 0 Å². The normalized spacial score (nSPS) is 10.5. The molecule has 0 N–H and O–H groups in total.